The molecule has 4 nitrogen and oxygen atoms in total. The van der Waals surface area contributed by atoms with Gasteiger partial charge in [0.2, 0.25) is 0 Å². The molecule has 2 aromatic rings. The minimum absolute atomic E-state index is 0.186. The molecule has 1 aliphatic rings. The minimum Gasteiger partial charge on any atom is -0.335 e. The molecule has 1 amide bonds. The van der Waals surface area contributed by atoms with Crippen molar-refractivity contribution in [2.45, 2.75) is 13.5 Å². The number of carbonyl (C=O) groups excluding carboxylic acids is 1. The van der Waals surface area contributed by atoms with Crippen LogP contribution in [0.4, 0.5) is 0 Å². The summed E-state index contributed by atoms with van der Waals surface area (Å²) in [5.74, 6) is 0.186. The summed E-state index contributed by atoms with van der Waals surface area (Å²) >= 11 is 1.54. The highest BCUT2D eigenvalue weighted by Gasteiger charge is 2.23. The summed E-state index contributed by atoms with van der Waals surface area (Å²) in [7, 11) is 0. The fourth-order valence-electron chi connectivity index (χ4n) is 2.59. The number of aromatic nitrogens is 1. The Morgan fingerprint density at radius 2 is 1.90 bits per heavy atom. The summed E-state index contributed by atoms with van der Waals surface area (Å²) in [5, 5.41) is 1.99. The van der Waals surface area contributed by atoms with E-state index in [0.717, 1.165) is 43.2 Å². The zero-order chi connectivity index (χ0) is 14.7. The molecule has 1 saturated heterocycles. The number of hydrogen-bond donors (Lipinski definition) is 0. The number of nitrogens with zero attached hydrogens (tertiary/aromatic N) is 3. The highest BCUT2D eigenvalue weighted by molar-refractivity contribution is 7.12. The lowest BCUT2D eigenvalue weighted by Crippen LogP contribution is -2.48. The van der Waals surface area contributed by atoms with Crippen LogP contribution in [0.3, 0.4) is 0 Å². The number of hydrogen-bond acceptors (Lipinski definition) is 4. The molecule has 2 aromatic heterocycles. The van der Waals surface area contributed by atoms with Crippen LogP contribution < -0.4 is 0 Å². The first kappa shape index (κ1) is 14.2. The molecule has 3 heterocycles. The molecule has 0 bridgehead atoms. The Morgan fingerprint density at radius 3 is 2.52 bits per heavy atom. The van der Waals surface area contributed by atoms with Gasteiger partial charge in [-0.3, -0.25) is 14.7 Å². The molecule has 1 aliphatic heterocycles. The summed E-state index contributed by atoms with van der Waals surface area (Å²) in [4.78, 5) is 21.7. The summed E-state index contributed by atoms with van der Waals surface area (Å²) in [6.07, 6.45) is 3.66. The summed E-state index contributed by atoms with van der Waals surface area (Å²) in [5.41, 5.74) is 2.36. The predicted octanol–water partition coefficient (Wildman–Crippen LogP) is 2.41. The van der Waals surface area contributed by atoms with Gasteiger partial charge in [-0.1, -0.05) is 0 Å². The third-order valence-corrected chi connectivity index (χ3v) is 4.88. The Morgan fingerprint density at radius 1 is 1.19 bits per heavy atom. The Bertz CT molecular complexity index is 603. The first-order chi connectivity index (χ1) is 10.2. The molecule has 110 valence electrons. The van der Waals surface area contributed by atoms with E-state index in [1.165, 1.54) is 5.56 Å². The number of piperazine rings is 1. The van der Waals surface area contributed by atoms with E-state index in [1.807, 2.05) is 47.8 Å². The molecule has 5 heteroatoms. The molecule has 1 fully saturated rings. The largest absolute Gasteiger partial charge is 0.335 e. The van der Waals surface area contributed by atoms with E-state index >= 15 is 0 Å². The van der Waals surface area contributed by atoms with Crippen LogP contribution in [0.1, 0.15) is 20.8 Å². The molecular weight excluding hydrogens is 282 g/mol. The predicted molar refractivity (Wildman–Crippen MR) is 84.5 cm³/mol. The number of aryl methyl sites for hydroxylation is 1. The maximum atomic E-state index is 12.5. The van der Waals surface area contributed by atoms with Gasteiger partial charge in [-0.15, -0.1) is 11.3 Å². The molecular formula is C16H19N3OS. The van der Waals surface area contributed by atoms with Crippen molar-refractivity contribution in [2.24, 2.45) is 0 Å². The second kappa shape index (κ2) is 6.37. The number of carbonyl (C=O) groups is 1. The SMILES string of the molecule is Cc1ccsc1C(=O)N1CCN(Cc2ccncc2)CC1. The van der Waals surface area contributed by atoms with E-state index in [9.17, 15) is 4.79 Å². The van der Waals surface area contributed by atoms with Gasteiger partial charge in [-0.25, -0.2) is 0 Å². The third-order valence-electron chi connectivity index (χ3n) is 3.87. The number of rotatable bonds is 3. The van der Waals surface area contributed by atoms with Crippen molar-refractivity contribution in [3.63, 3.8) is 0 Å². The lowest BCUT2D eigenvalue weighted by molar-refractivity contribution is 0.0632. The van der Waals surface area contributed by atoms with E-state index in [-0.39, 0.29) is 5.91 Å². The highest BCUT2D eigenvalue weighted by atomic mass is 32.1. The van der Waals surface area contributed by atoms with Gasteiger partial charge >= 0.3 is 0 Å². The lowest BCUT2D eigenvalue weighted by atomic mass is 10.2. The van der Waals surface area contributed by atoms with Crippen molar-refractivity contribution in [3.8, 4) is 0 Å². The van der Waals surface area contributed by atoms with Crippen LogP contribution in [-0.2, 0) is 6.54 Å². The van der Waals surface area contributed by atoms with Crippen LogP contribution in [0, 0.1) is 6.92 Å². The summed E-state index contributed by atoms with van der Waals surface area (Å²) in [6.45, 7) is 6.41. The molecule has 21 heavy (non-hydrogen) atoms. The first-order valence-corrected chi connectivity index (χ1v) is 8.06. The first-order valence-electron chi connectivity index (χ1n) is 7.18. The average Bonchev–Trinajstić information content (AvgIpc) is 2.94. The molecule has 0 unspecified atom stereocenters. The monoisotopic (exact) mass is 301 g/mol. The summed E-state index contributed by atoms with van der Waals surface area (Å²) < 4.78 is 0. The minimum atomic E-state index is 0.186. The molecule has 0 N–H and O–H groups in total. The van der Waals surface area contributed by atoms with Gasteiger partial charge in [0.15, 0.2) is 0 Å². The van der Waals surface area contributed by atoms with Crippen molar-refractivity contribution in [1.29, 1.82) is 0 Å². The number of amides is 1. The second-order valence-electron chi connectivity index (χ2n) is 5.36. The molecule has 3 rings (SSSR count). The molecule has 0 radical (unpaired) electrons. The highest BCUT2D eigenvalue weighted by Crippen LogP contribution is 2.19. The van der Waals surface area contributed by atoms with Crippen LogP contribution in [0.2, 0.25) is 0 Å². The van der Waals surface area contributed by atoms with Crippen LogP contribution in [0.15, 0.2) is 36.0 Å². The molecule has 0 spiro atoms. The number of thiophene rings is 1. The maximum absolute atomic E-state index is 12.5. The van der Waals surface area contributed by atoms with Gasteiger partial charge in [0.1, 0.15) is 0 Å². The van der Waals surface area contributed by atoms with E-state index in [0.29, 0.717) is 0 Å². The van der Waals surface area contributed by atoms with Crippen molar-refractivity contribution < 1.29 is 4.79 Å². The molecule has 0 saturated carbocycles. The fourth-order valence-corrected chi connectivity index (χ4v) is 3.48. The van der Waals surface area contributed by atoms with E-state index in [2.05, 4.69) is 9.88 Å². The second-order valence-corrected chi connectivity index (χ2v) is 6.27. The fraction of sp³-hybridized carbons (Fsp3) is 0.375. The third kappa shape index (κ3) is 3.31. The topological polar surface area (TPSA) is 36.4 Å². The van der Waals surface area contributed by atoms with Crippen molar-refractivity contribution in [1.82, 2.24) is 14.8 Å². The van der Waals surface area contributed by atoms with Crippen LogP contribution >= 0.6 is 11.3 Å². The normalized spacial score (nSPS) is 16.1. The van der Waals surface area contributed by atoms with Gasteiger partial charge in [-0.05, 0) is 41.6 Å². The van der Waals surface area contributed by atoms with Gasteiger partial charge in [-0.2, -0.15) is 0 Å². The van der Waals surface area contributed by atoms with Crippen LogP contribution in [0.25, 0.3) is 0 Å². The Labute approximate surface area is 129 Å². The van der Waals surface area contributed by atoms with E-state index in [4.69, 9.17) is 0 Å². The quantitative estimate of drug-likeness (QED) is 0.873. The van der Waals surface area contributed by atoms with Crippen LogP contribution in [-0.4, -0.2) is 46.9 Å². The maximum Gasteiger partial charge on any atom is 0.264 e. The molecule has 0 aromatic carbocycles. The summed E-state index contributed by atoms with van der Waals surface area (Å²) in [6, 6.07) is 6.11. The Hall–Kier alpha value is -1.72. The average molecular weight is 301 g/mol. The van der Waals surface area contributed by atoms with Crippen molar-refractivity contribution >= 4 is 17.2 Å². The van der Waals surface area contributed by atoms with E-state index in [1.54, 1.807) is 11.3 Å². The van der Waals surface area contributed by atoms with Crippen molar-refractivity contribution in [2.75, 3.05) is 26.2 Å². The van der Waals surface area contributed by atoms with Gasteiger partial charge < -0.3 is 4.90 Å². The number of pyridine rings is 1. The van der Waals surface area contributed by atoms with Gasteiger partial charge in [0.05, 0.1) is 4.88 Å². The van der Waals surface area contributed by atoms with Crippen molar-refractivity contribution in [3.05, 3.63) is 52.0 Å². The lowest BCUT2D eigenvalue weighted by Gasteiger charge is -2.34. The zero-order valence-corrected chi connectivity index (χ0v) is 13.0. The van der Waals surface area contributed by atoms with Gasteiger partial charge in [0, 0.05) is 45.1 Å². The standard InChI is InChI=1S/C16H19N3OS/c1-13-4-11-21-15(13)16(20)19-9-7-18(8-10-19)12-14-2-5-17-6-3-14/h2-6,11H,7-10,12H2,1H3. The molecule has 0 atom stereocenters. The van der Waals surface area contributed by atoms with Crippen LogP contribution in [0.5, 0.6) is 0 Å². The Kier molecular flexibility index (Phi) is 4.31. The van der Waals surface area contributed by atoms with Gasteiger partial charge in [0.25, 0.3) is 5.91 Å². The molecule has 0 aliphatic carbocycles. The zero-order valence-electron chi connectivity index (χ0n) is 12.2. The van der Waals surface area contributed by atoms with E-state index < -0.39 is 0 Å². The Balaban J connectivity index is 1.56. The smallest absolute Gasteiger partial charge is 0.264 e.